The molecule has 2 aliphatic rings. The number of methoxy groups -OCH3 is 1. The lowest BCUT2D eigenvalue weighted by molar-refractivity contribution is 0.146. The number of likely N-dealkylation sites (tertiary alicyclic amines) is 1. The van der Waals surface area contributed by atoms with E-state index in [4.69, 9.17) is 0 Å². The zero-order valence-corrected chi connectivity index (χ0v) is 15.3. The van der Waals surface area contributed by atoms with E-state index in [0.717, 1.165) is 50.8 Å². The Labute approximate surface area is 151 Å². The molecule has 0 bridgehead atoms. The molecule has 136 valence electrons. The summed E-state index contributed by atoms with van der Waals surface area (Å²) in [6, 6.07) is 3.24. The topological polar surface area (TPSA) is 65.4 Å². The first-order chi connectivity index (χ1) is 12.1. The molecule has 1 amide bonds. The molecule has 1 aliphatic carbocycles. The van der Waals surface area contributed by atoms with Crippen LogP contribution in [0.4, 0.5) is 4.79 Å². The van der Waals surface area contributed by atoms with Crippen LogP contribution >= 0.6 is 0 Å². The smallest absolute Gasteiger partial charge is 0.407 e. The van der Waals surface area contributed by atoms with Crippen LogP contribution in [0.5, 0.6) is 0 Å². The second-order valence-corrected chi connectivity index (χ2v) is 6.88. The Hall–Kier alpha value is -2.06. The van der Waals surface area contributed by atoms with Crippen LogP contribution in [0.1, 0.15) is 39.0 Å². The predicted molar refractivity (Wildman–Crippen MR) is 98.9 cm³/mol. The molecule has 2 rings (SSSR count). The third kappa shape index (κ3) is 4.52. The number of nitrogens with zero attached hydrogens (tertiary/aromatic N) is 2. The van der Waals surface area contributed by atoms with E-state index in [-0.39, 0.29) is 17.6 Å². The molecule has 0 aromatic rings. The third-order valence-corrected chi connectivity index (χ3v) is 5.54. The minimum absolute atomic E-state index is 0.164. The SMILES string of the molecule is C=C/C=C/C(=C\C)[C@]1(C#N)CC[C@H](N2CCC(NC(=O)OC)C2)CC1. The first kappa shape index (κ1) is 19.3. The molecule has 1 saturated carbocycles. The second kappa shape index (κ2) is 8.87. The zero-order chi connectivity index (χ0) is 18.3. The summed E-state index contributed by atoms with van der Waals surface area (Å²) in [6.45, 7) is 7.57. The summed E-state index contributed by atoms with van der Waals surface area (Å²) in [7, 11) is 1.39. The van der Waals surface area contributed by atoms with E-state index in [1.54, 1.807) is 6.08 Å². The Kier molecular flexibility index (Phi) is 6.83. The standard InChI is InChI=1S/C20H29N3O2/c1-4-6-7-16(5-2)20(15-21)11-8-18(9-12-20)23-13-10-17(14-23)22-19(24)25-3/h4-7,17-18H,1,8-14H2,2-3H3,(H,22,24)/b7-6+,16-5+/t17?,18-,20+. The van der Waals surface area contributed by atoms with Crippen molar-refractivity contribution in [2.75, 3.05) is 20.2 Å². The van der Waals surface area contributed by atoms with E-state index in [1.807, 2.05) is 19.1 Å². The molecular weight excluding hydrogens is 314 g/mol. The largest absolute Gasteiger partial charge is 0.453 e. The number of nitrogens with one attached hydrogen (secondary N) is 1. The van der Waals surface area contributed by atoms with E-state index in [9.17, 15) is 10.1 Å². The van der Waals surface area contributed by atoms with Gasteiger partial charge in [0, 0.05) is 25.2 Å². The predicted octanol–water partition coefficient (Wildman–Crippen LogP) is 3.56. The monoisotopic (exact) mass is 343 g/mol. The highest BCUT2D eigenvalue weighted by Gasteiger charge is 2.40. The van der Waals surface area contributed by atoms with E-state index in [0.29, 0.717) is 6.04 Å². The zero-order valence-electron chi connectivity index (χ0n) is 15.3. The van der Waals surface area contributed by atoms with Gasteiger partial charge in [0.2, 0.25) is 0 Å². The van der Waals surface area contributed by atoms with Crippen LogP contribution in [0, 0.1) is 16.7 Å². The fraction of sp³-hybridized carbons (Fsp3) is 0.600. The Balaban J connectivity index is 1.94. The van der Waals surface area contributed by atoms with E-state index < -0.39 is 0 Å². The number of alkyl carbamates (subject to hydrolysis) is 1. The van der Waals surface area contributed by atoms with Crippen LogP contribution in [0.2, 0.25) is 0 Å². The van der Waals surface area contributed by atoms with E-state index >= 15 is 0 Å². The molecule has 1 saturated heterocycles. The van der Waals surface area contributed by atoms with Gasteiger partial charge >= 0.3 is 6.09 Å². The van der Waals surface area contributed by atoms with Gasteiger partial charge < -0.3 is 10.1 Å². The summed E-state index contributed by atoms with van der Waals surface area (Å²) in [5.41, 5.74) is 0.716. The van der Waals surface area contributed by atoms with Crippen LogP contribution in [0.15, 0.2) is 36.5 Å². The van der Waals surface area contributed by atoms with Gasteiger partial charge in [-0.15, -0.1) is 0 Å². The van der Waals surface area contributed by atoms with Crippen molar-refractivity contribution in [1.82, 2.24) is 10.2 Å². The number of amides is 1. The summed E-state index contributed by atoms with van der Waals surface area (Å²) in [5.74, 6) is 0. The molecule has 25 heavy (non-hydrogen) atoms. The number of carbonyl (C=O) groups excluding carboxylic acids is 1. The molecule has 2 fully saturated rings. The molecule has 0 radical (unpaired) electrons. The number of rotatable bonds is 5. The number of carbonyl (C=O) groups is 1. The second-order valence-electron chi connectivity index (χ2n) is 6.88. The van der Waals surface area contributed by atoms with Gasteiger partial charge in [-0.05, 0) is 44.6 Å². The number of hydrogen-bond donors (Lipinski definition) is 1. The molecule has 0 aromatic heterocycles. The van der Waals surface area contributed by atoms with Crippen molar-refractivity contribution in [3.05, 3.63) is 36.5 Å². The van der Waals surface area contributed by atoms with Gasteiger partial charge in [0.25, 0.3) is 0 Å². The molecule has 1 N–H and O–H groups in total. The van der Waals surface area contributed by atoms with Gasteiger partial charge in [-0.3, -0.25) is 4.90 Å². The van der Waals surface area contributed by atoms with Crippen molar-refractivity contribution in [1.29, 1.82) is 5.26 Å². The summed E-state index contributed by atoms with van der Waals surface area (Å²) < 4.78 is 4.68. The van der Waals surface area contributed by atoms with Crippen LogP contribution in [0.3, 0.4) is 0 Å². The molecule has 5 heteroatoms. The first-order valence-electron chi connectivity index (χ1n) is 9.04. The van der Waals surface area contributed by atoms with Gasteiger partial charge in [0.05, 0.1) is 18.6 Å². The number of ether oxygens (including phenoxy) is 1. The Bertz CT molecular complexity index is 580. The van der Waals surface area contributed by atoms with Crippen molar-refractivity contribution in [3.8, 4) is 6.07 Å². The van der Waals surface area contributed by atoms with Crippen molar-refractivity contribution >= 4 is 6.09 Å². The number of nitriles is 1. The average molecular weight is 343 g/mol. The highest BCUT2D eigenvalue weighted by atomic mass is 16.5. The Morgan fingerprint density at radius 2 is 2.12 bits per heavy atom. The van der Waals surface area contributed by atoms with Crippen LogP contribution in [-0.2, 0) is 4.74 Å². The Morgan fingerprint density at radius 3 is 2.68 bits per heavy atom. The molecule has 0 aromatic carbocycles. The highest BCUT2D eigenvalue weighted by Crippen LogP contribution is 2.44. The minimum atomic E-state index is -0.381. The highest BCUT2D eigenvalue weighted by molar-refractivity contribution is 5.67. The summed E-state index contributed by atoms with van der Waals surface area (Å²) in [4.78, 5) is 13.8. The lowest BCUT2D eigenvalue weighted by Gasteiger charge is -2.39. The third-order valence-electron chi connectivity index (χ3n) is 5.54. The van der Waals surface area contributed by atoms with Crippen molar-refractivity contribution in [3.63, 3.8) is 0 Å². The molecule has 1 atom stereocenters. The maximum Gasteiger partial charge on any atom is 0.407 e. The van der Waals surface area contributed by atoms with Gasteiger partial charge in [0.15, 0.2) is 0 Å². The summed E-state index contributed by atoms with van der Waals surface area (Å²) in [5, 5.41) is 12.7. The summed E-state index contributed by atoms with van der Waals surface area (Å²) >= 11 is 0. The molecule has 1 aliphatic heterocycles. The van der Waals surface area contributed by atoms with Crippen molar-refractivity contribution < 1.29 is 9.53 Å². The van der Waals surface area contributed by atoms with Crippen molar-refractivity contribution in [2.24, 2.45) is 5.41 Å². The van der Waals surface area contributed by atoms with Gasteiger partial charge in [-0.1, -0.05) is 30.9 Å². The van der Waals surface area contributed by atoms with Crippen LogP contribution in [-0.4, -0.2) is 43.3 Å². The fourth-order valence-corrected chi connectivity index (χ4v) is 4.09. The lowest BCUT2D eigenvalue weighted by atomic mass is 9.68. The maximum atomic E-state index is 11.4. The average Bonchev–Trinajstić information content (AvgIpc) is 3.11. The molecule has 1 unspecified atom stereocenters. The van der Waals surface area contributed by atoms with Crippen LogP contribution < -0.4 is 5.32 Å². The number of allylic oxidation sites excluding steroid dienone is 5. The van der Waals surface area contributed by atoms with Crippen LogP contribution in [0.25, 0.3) is 0 Å². The van der Waals surface area contributed by atoms with Crippen molar-refractivity contribution in [2.45, 2.75) is 51.1 Å². The quantitative estimate of drug-likeness (QED) is 0.775. The fourth-order valence-electron chi connectivity index (χ4n) is 4.09. The lowest BCUT2D eigenvalue weighted by Crippen LogP contribution is -2.42. The van der Waals surface area contributed by atoms with Gasteiger partial charge in [0.1, 0.15) is 0 Å². The first-order valence-corrected chi connectivity index (χ1v) is 9.04. The number of hydrogen-bond acceptors (Lipinski definition) is 4. The van der Waals surface area contributed by atoms with E-state index in [2.05, 4.69) is 33.7 Å². The minimum Gasteiger partial charge on any atom is -0.453 e. The van der Waals surface area contributed by atoms with Gasteiger partial charge in [-0.2, -0.15) is 5.26 Å². The molecule has 5 nitrogen and oxygen atoms in total. The molecule has 1 heterocycles. The molecular formula is C20H29N3O2. The Morgan fingerprint density at radius 1 is 1.40 bits per heavy atom. The van der Waals surface area contributed by atoms with E-state index in [1.165, 1.54) is 7.11 Å². The summed E-state index contributed by atoms with van der Waals surface area (Å²) in [6.07, 6.45) is 12.1. The van der Waals surface area contributed by atoms with Gasteiger partial charge in [-0.25, -0.2) is 4.79 Å². The molecule has 0 spiro atoms. The normalized spacial score (nSPS) is 30.8. The maximum absolute atomic E-state index is 11.4.